The highest BCUT2D eigenvalue weighted by molar-refractivity contribution is 6.31. The van der Waals surface area contributed by atoms with Gasteiger partial charge in [0.05, 0.1) is 18.1 Å². The van der Waals surface area contributed by atoms with Gasteiger partial charge in [-0.3, -0.25) is 4.79 Å². The number of aromatic nitrogens is 1. The van der Waals surface area contributed by atoms with Gasteiger partial charge in [-0.15, -0.1) is 0 Å². The Morgan fingerprint density at radius 1 is 1.42 bits per heavy atom. The first kappa shape index (κ1) is 18.1. The zero-order valence-corrected chi connectivity index (χ0v) is 15.2. The normalized spacial score (nSPS) is 16.0. The summed E-state index contributed by atoms with van der Waals surface area (Å²) in [7, 11) is 1.58. The summed E-state index contributed by atoms with van der Waals surface area (Å²) in [6.07, 6.45) is 0. The Labute approximate surface area is 156 Å². The minimum atomic E-state index is -0.681. The quantitative estimate of drug-likeness (QED) is 0.892. The van der Waals surface area contributed by atoms with Crippen molar-refractivity contribution in [3.8, 4) is 11.8 Å². The number of methoxy groups -OCH3 is 1. The first-order valence-electron chi connectivity index (χ1n) is 8.04. The van der Waals surface area contributed by atoms with Gasteiger partial charge in [-0.05, 0) is 18.6 Å². The van der Waals surface area contributed by atoms with E-state index in [0.29, 0.717) is 35.1 Å². The van der Waals surface area contributed by atoms with Gasteiger partial charge in [0.15, 0.2) is 0 Å². The molecule has 1 aromatic carbocycles. The molecule has 0 spiro atoms. The van der Waals surface area contributed by atoms with Crippen molar-refractivity contribution in [3.63, 3.8) is 0 Å². The van der Waals surface area contributed by atoms with Gasteiger partial charge in [0.1, 0.15) is 17.4 Å². The van der Waals surface area contributed by atoms with E-state index in [1.807, 2.05) is 6.92 Å². The average Bonchev–Trinajstić information content (AvgIpc) is 2.61. The lowest BCUT2D eigenvalue weighted by molar-refractivity contribution is 0.185. The molecule has 0 saturated heterocycles. The van der Waals surface area contributed by atoms with E-state index < -0.39 is 5.92 Å². The number of hydrogen-bond acceptors (Lipinski definition) is 5. The van der Waals surface area contributed by atoms with E-state index in [0.717, 1.165) is 5.69 Å². The second-order valence-corrected chi connectivity index (χ2v) is 6.37. The van der Waals surface area contributed by atoms with Gasteiger partial charge in [-0.1, -0.05) is 29.8 Å². The van der Waals surface area contributed by atoms with Crippen LogP contribution in [0, 0.1) is 18.3 Å². The molecule has 1 atom stereocenters. The third kappa shape index (κ3) is 2.96. The first-order valence-corrected chi connectivity index (χ1v) is 8.42. The van der Waals surface area contributed by atoms with Crippen LogP contribution in [0.1, 0.15) is 22.7 Å². The first-order chi connectivity index (χ1) is 12.5. The molecule has 2 N–H and O–H groups in total. The van der Waals surface area contributed by atoms with Crippen molar-refractivity contribution in [3.05, 3.63) is 74.0 Å². The van der Waals surface area contributed by atoms with Crippen LogP contribution in [0.15, 0.2) is 46.6 Å². The van der Waals surface area contributed by atoms with Gasteiger partial charge in [0, 0.05) is 30.4 Å². The second kappa shape index (κ2) is 7.24. The summed E-state index contributed by atoms with van der Waals surface area (Å²) in [4.78, 5) is 13.2. The molecule has 7 heteroatoms. The fourth-order valence-electron chi connectivity index (χ4n) is 3.17. The lowest BCUT2D eigenvalue weighted by atomic mass is 9.84. The molecule has 3 rings (SSSR count). The van der Waals surface area contributed by atoms with E-state index in [-0.39, 0.29) is 17.0 Å². The number of benzene rings is 1. The molecule has 6 nitrogen and oxygen atoms in total. The van der Waals surface area contributed by atoms with Crippen LogP contribution in [0.25, 0.3) is 0 Å². The van der Waals surface area contributed by atoms with Crippen LogP contribution in [0.5, 0.6) is 5.75 Å². The number of aryl methyl sites for hydroxylation is 1. The molecule has 0 radical (unpaired) electrons. The van der Waals surface area contributed by atoms with Crippen molar-refractivity contribution < 1.29 is 9.47 Å². The van der Waals surface area contributed by atoms with Crippen molar-refractivity contribution >= 4 is 11.6 Å². The third-order valence-corrected chi connectivity index (χ3v) is 4.77. The Hall–Kier alpha value is -2.75. The van der Waals surface area contributed by atoms with Gasteiger partial charge in [0.25, 0.3) is 5.56 Å². The van der Waals surface area contributed by atoms with E-state index >= 15 is 0 Å². The average molecular weight is 372 g/mol. The molecule has 0 unspecified atom stereocenters. The van der Waals surface area contributed by atoms with E-state index in [2.05, 4.69) is 6.07 Å². The molecule has 1 aliphatic heterocycles. The summed E-state index contributed by atoms with van der Waals surface area (Å²) in [5, 5.41) is 10.1. The zero-order valence-electron chi connectivity index (χ0n) is 14.5. The van der Waals surface area contributed by atoms with E-state index in [9.17, 15) is 10.1 Å². The van der Waals surface area contributed by atoms with Gasteiger partial charge in [-0.25, -0.2) is 0 Å². The maximum atomic E-state index is 13.2. The summed E-state index contributed by atoms with van der Waals surface area (Å²) in [5.41, 5.74) is 7.60. The highest BCUT2D eigenvalue weighted by Crippen LogP contribution is 2.42. The summed E-state index contributed by atoms with van der Waals surface area (Å²) >= 11 is 6.36. The molecular weight excluding hydrogens is 354 g/mol. The monoisotopic (exact) mass is 371 g/mol. The molecular formula is C19H18ClN3O3. The number of halogens is 1. The van der Waals surface area contributed by atoms with Crippen LogP contribution in [-0.4, -0.2) is 18.3 Å². The van der Waals surface area contributed by atoms with Crippen molar-refractivity contribution in [2.75, 3.05) is 13.7 Å². The van der Waals surface area contributed by atoms with Crippen LogP contribution >= 0.6 is 11.6 Å². The molecule has 0 saturated carbocycles. The van der Waals surface area contributed by atoms with Gasteiger partial charge < -0.3 is 19.8 Å². The molecule has 0 aliphatic carbocycles. The third-order valence-electron chi connectivity index (χ3n) is 4.43. The summed E-state index contributed by atoms with van der Waals surface area (Å²) < 4.78 is 12.3. The van der Waals surface area contributed by atoms with E-state index in [1.54, 1.807) is 42.0 Å². The minimum absolute atomic E-state index is 0.0154. The molecule has 2 heterocycles. The number of ether oxygens (including phenoxy) is 2. The maximum absolute atomic E-state index is 13.2. The molecule has 0 bridgehead atoms. The lowest BCUT2D eigenvalue weighted by Gasteiger charge is -2.27. The van der Waals surface area contributed by atoms with Crippen LogP contribution in [-0.2, 0) is 11.3 Å². The largest absolute Gasteiger partial charge is 0.440 e. The molecule has 2 aromatic rings. The number of fused-ring (bicyclic) bond motifs is 1. The number of nitriles is 1. The predicted molar refractivity (Wildman–Crippen MR) is 98.1 cm³/mol. The van der Waals surface area contributed by atoms with Crippen LogP contribution < -0.4 is 16.0 Å². The zero-order chi connectivity index (χ0) is 18.8. The minimum Gasteiger partial charge on any atom is -0.440 e. The van der Waals surface area contributed by atoms with E-state index in [4.69, 9.17) is 26.8 Å². The molecule has 1 aliphatic rings. The second-order valence-electron chi connectivity index (χ2n) is 5.96. The van der Waals surface area contributed by atoms with E-state index in [1.165, 1.54) is 0 Å². The fourth-order valence-corrected chi connectivity index (χ4v) is 3.41. The summed E-state index contributed by atoms with van der Waals surface area (Å²) in [6, 6.07) is 10.9. The standard InChI is InChI=1S/C19H18ClN3O3/c1-11-9-15-17(19(24)23(11)7-8-25-2)16(13(10-21)18(22)26-15)12-5-3-4-6-14(12)20/h3-6,9,16H,7-8,22H2,1-2H3/t16-/m1/s1. The molecule has 134 valence electrons. The lowest BCUT2D eigenvalue weighted by Crippen LogP contribution is -2.33. The maximum Gasteiger partial charge on any atom is 0.258 e. The van der Waals surface area contributed by atoms with Crippen molar-refractivity contribution in [1.29, 1.82) is 5.26 Å². The van der Waals surface area contributed by atoms with Crippen molar-refractivity contribution in [1.82, 2.24) is 4.57 Å². The van der Waals surface area contributed by atoms with Gasteiger partial charge in [0.2, 0.25) is 5.88 Å². The highest BCUT2D eigenvalue weighted by Gasteiger charge is 2.35. The fraction of sp³-hybridized carbons (Fsp3) is 0.263. The number of pyridine rings is 1. The number of rotatable bonds is 4. The SMILES string of the molecule is COCCn1c(C)cc2c(c1=O)[C@H](c1ccccc1Cl)C(C#N)=C(N)O2. The Balaban J connectivity index is 2.30. The number of nitrogens with two attached hydrogens (primary N) is 1. The molecule has 1 aromatic heterocycles. The summed E-state index contributed by atoms with van der Waals surface area (Å²) in [6.45, 7) is 2.59. The van der Waals surface area contributed by atoms with Crippen molar-refractivity contribution in [2.45, 2.75) is 19.4 Å². The molecule has 0 amide bonds. The van der Waals surface area contributed by atoms with Gasteiger partial charge in [-0.2, -0.15) is 5.26 Å². The Bertz CT molecular complexity index is 988. The van der Waals surface area contributed by atoms with Crippen molar-refractivity contribution in [2.24, 2.45) is 5.73 Å². The van der Waals surface area contributed by atoms with Gasteiger partial charge >= 0.3 is 0 Å². The predicted octanol–water partition coefficient (Wildman–Crippen LogP) is 2.67. The Morgan fingerprint density at radius 3 is 2.81 bits per heavy atom. The summed E-state index contributed by atoms with van der Waals surface area (Å²) in [5.74, 6) is -0.347. The highest BCUT2D eigenvalue weighted by atomic mass is 35.5. The topological polar surface area (TPSA) is 90.3 Å². The Kier molecular flexibility index (Phi) is 5.03. The van der Waals surface area contributed by atoms with Crippen LogP contribution in [0.2, 0.25) is 5.02 Å². The number of nitrogens with zero attached hydrogens (tertiary/aromatic N) is 2. The smallest absolute Gasteiger partial charge is 0.258 e. The molecule has 26 heavy (non-hydrogen) atoms. The number of hydrogen-bond donors (Lipinski definition) is 1. The number of allylic oxidation sites excluding steroid dienone is 1. The Morgan fingerprint density at radius 2 is 2.15 bits per heavy atom. The molecule has 0 fully saturated rings. The van der Waals surface area contributed by atoms with Crippen LogP contribution in [0.3, 0.4) is 0 Å². The van der Waals surface area contributed by atoms with Crippen LogP contribution in [0.4, 0.5) is 0 Å².